The molecule has 2 atom stereocenters. The van der Waals surface area contributed by atoms with E-state index >= 15 is 0 Å². The third-order valence-corrected chi connectivity index (χ3v) is 4.44. The van der Waals surface area contributed by atoms with E-state index < -0.39 is 0 Å². The number of para-hydroxylation sites is 1. The summed E-state index contributed by atoms with van der Waals surface area (Å²) in [6, 6.07) is 8.13. The first-order chi connectivity index (χ1) is 10.6. The van der Waals surface area contributed by atoms with Gasteiger partial charge < -0.3 is 15.4 Å². The van der Waals surface area contributed by atoms with Crippen molar-refractivity contribution in [1.82, 2.24) is 4.90 Å². The predicted molar refractivity (Wildman–Crippen MR) is 96.1 cm³/mol. The van der Waals surface area contributed by atoms with Gasteiger partial charge in [-0.15, -0.1) is 12.4 Å². The highest BCUT2D eigenvalue weighted by atomic mass is 35.5. The lowest BCUT2D eigenvalue weighted by Crippen LogP contribution is -2.45. The smallest absolute Gasteiger partial charge is 0.222 e. The zero-order valence-electron chi connectivity index (χ0n) is 14.2. The molecule has 1 fully saturated rings. The first-order valence-electron chi connectivity index (χ1n) is 8.29. The third-order valence-electron chi connectivity index (χ3n) is 4.44. The Labute approximate surface area is 145 Å². The third kappa shape index (κ3) is 6.04. The summed E-state index contributed by atoms with van der Waals surface area (Å²) in [6.07, 6.45) is 3.51. The van der Waals surface area contributed by atoms with E-state index in [9.17, 15) is 4.79 Å². The Hall–Kier alpha value is -1.26. The van der Waals surface area contributed by atoms with Gasteiger partial charge in [0.1, 0.15) is 5.75 Å². The van der Waals surface area contributed by atoms with Crippen molar-refractivity contribution in [3.8, 4) is 5.75 Å². The molecule has 2 unspecified atom stereocenters. The van der Waals surface area contributed by atoms with Gasteiger partial charge in [0, 0.05) is 25.6 Å². The monoisotopic (exact) mass is 340 g/mol. The van der Waals surface area contributed by atoms with Gasteiger partial charge in [-0.3, -0.25) is 4.79 Å². The molecule has 0 spiro atoms. The van der Waals surface area contributed by atoms with E-state index in [1.165, 1.54) is 0 Å². The Balaban J connectivity index is 0.00000264. The van der Waals surface area contributed by atoms with Gasteiger partial charge in [-0.05, 0) is 50.7 Å². The SMILES string of the molecule is Cc1ccccc1OCCCC(=O)N1CCCC(C(C)N)C1.Cl. The Morgan fingerprint density at radius 1 is 1.43 bits per heavy atom. The maximum absolute atomic E-state index is 12.3. The molecule has 1 aliphatic heterocycles. The zero-order chi connectivity index (χ0) is 15.9. The molecule has 1 saturated heterocycles. The van der Waals surface area contributed by atoms with Gasteiger partial charge >= 0.3 is 0 Å². The van der Waals surface area contributed by atoms with E-state index in [0.717, 1.165) is 43.7 Å². The number of rotatable bonds is 6. The highest BCUT2D eigenvalue weighted by Gasteiger charge is 2.25. The second-order valence-electron chi connectivity index (χ2n) is 6.32. The molecule has 1 aromatic carbocycles. The van der Waals surface area contributed by atoms with Gasteiger partial charge in [0.25, 0.3) is 0 Å². The molecule has 5 heteroatoms. The van der Waals surface area contributed by atoms with Crippen molar-refractivity contribution in [3.05, 3.63) is 29.8 Å². The maximum Gasteiger partial charge on any atom is 0.222 e. The van der Waals surface area contributed by atoms with Crippen LogP contribution in [0.1, 0.15) is 38.2 Å². The van der Waals surface area contributed by atoms with Crippen LogP contribution < -0.4 is 10.5 Å². The number of nitrogens with zero attached hydrogens (tertiary/aromatic N) is 1. The molecule has 4 nitrogen and oxygen atoms in total. The van der Waals surface area contributed by atoms with E-state index in [4.69, 9.17) is 10.5 Å². The van der Waals surface area contributed by atoms with Crippen LogP contribution in [0, 0.1) is 12.8 Å². The van der Waals surface area contributed by atoms with Crippen molar-refractivity contribution in [1.29, 1.82) is 0 Å². The van der Waals surface area contributed by atoms with Gasteiger partial charge in [-0.1, -0.05) is 18.2 Å². The van der Waals surface area contributed by atoms with E-state index in [2.05, 4.69) is 0 Å². The molecule has 1 amide bonds. The minimum atomic E-state index is 0. The fourth-order valence-corrected chi connectivity index (χ4v) is 2.95. The van der Waals surface area contributed by atoms with Crippen molar-refractivity contribution >= 4 is 18.3 Å². The van der Waals surface area contributed by atoms with E-state index in [1.807, 2.05) is 43.0 Å². The summed E-state index contributed by atoms with van der Waals surface area (Å²) >= 11 is 0. The number of benzene rings is 1. The summed E-state index contributed by atoms with van der Waals surface area (Å²) in [5.74, 6) is 1.59. The standard InChI is InChI=1S/C18H28N2O2.ClH/c1-14-7-3-4-9-17(14)22-12-6-10-18(21)20-11-5-8-16(13-20)15(2)19;/h3-4,7,9,15-16H,5-6,8,10-13,19H2,1-2H3;1H. The molecule has 1 aliphatic rings. The highest BCUT2D eigenvalue weighted by molar-refractivity contribution is 5.85. The molecule has 130 valence electrons. The Kier molecular flexibility index (Phi) is 8.42. The lowest BCUT2D eigenvalue weighted by Gasteiger charge is -2.34. The average Bonchev–Trinajstić information content (AvgIpc) is 2.53. The fourth-order valence-electron chi connectivity index (χ4n) is 2.95. The average molecular weight is 341 g/mol. The predicted octanol–water partition coefficient (Wildman–Crippen LogP) is 3.16. The second-order valence-corrected chi connectivity index (χ2v) is 6.32. The number of carbonyl (C=O) groups is 1. The highest BCUT2D eigenvalue weighted by Crippen LogP contribution is 2.20. The number of hydrogen-bond acceptors (Lipinski definition) is 3. The lowest BCUT2D eigenvalue weighted by atomic mass is 9.92. The minimum absolute atomic E-state index is 0. The molecule has 0 radical (unpaired) electrons. The molecule has 1 heterocycles. The largest absolute Gasteiger partial charge is 0.493 e. The first kappa shape index (κ1) is 19.8. The van der Waals surface area contributed by atoms with Crippen molar-refractivity contribution in [2.45, 2.75) is 45.6 Å². The van der Waals surface area contributed by atoms with Crippen molar-refractivity contribution in [3.63, 3.8) is 0 Å². The summed E-state index contributed by atoms with van der Waals surface area (Å²) in [5, 5.41) is 0. The van der Waals surface area contributed by atoms with Crippen molar-refractivity contribution < 1.29 is 9.53 Å². The van der Waals surface area contributed by atoms with Gasteiger partial charge in [0.2, 0.25) is 5.91 Å². The fraction of sp³-hybridized carbons (Fsp3) is 0.611. The lowest BCUT2D eigenvalue weighted by molar-refractivity contribution is -0.133. The molecule has 0 aromatic heterocycles. The van der Waals surface area contributed by atoms with Gasteiger partial charge in [-0.2, -0.15) is 0 Å². The number of halogens is 1. The van der Waals surface area contributed by atoms with Crippen molar-refractivity contribution in [2.24, 2.45) is 11.7 Å². The van der Waals surface area contributed by atoms with Gasteiger partial charge in [-0.25, -0.2) is 0 Å². The minimum Gasteiger partial charge on any atom is -0.493 e. The van der Waals surface area contributed by atoms with Gasteiger partial charge in [0.05, 0.1) is 6.61 Å². The molecular weight excluding hydrogens is 312 g/mol. The molecule has 1 aromatic rings. The normalized spacial score (nSPS) is 18.9. The van der Waals surface area contributed by atoms with Crippen LogP contribution in [0.15, 0.2) is 24.3 Å². The molecule has 0 aliphatic carbocycles. The van der Waals surface area contributed by atoms with E-state index in [-0.39, 0.29) is 24.4 Å². The number of nitrogens with two attached hydrogens (primary N) is 1. The molecule has 23 heavy (non-hydrogen) atoms. The zero-order valence-corrected chi connectivity index (χ0v) is 15.0. The number of amides is 1. The summed E-state index contributed by atoms with van der Waals surface area (Å²) in [5.41, 5.74) is 7.10. The number of aryl methyl sites for hydroxylation is 1. The molecule has 0 bridgehead atoms. The van der Waals surface area contributed by atoms with Crippen LogP contribution in [0.25, 0.3) is 0 Å². The second kappa shape index (κ2) is 9.78. The van der Waals surface area contributed by atoms with Crippen LogP contribution in [0.3, 0.4) is 0 Å². The van der Waals surface area contributed by atoms with Crippen LogP contribution in [0.5, 0.6) is 5.75 Å². The summed E-state index contributed by atoms with van der Waals surface area (Å²) < 4.78 is 5.74. The number of likely N-dealkylation sites (tertiary alicyclic amines) is 1. The molecular formula is C18H29ClN2O2. The quantitative estimate of drug-likeness (QED) is 0.809. The molecule has 2 N–H and O–H groups in total. The Morgan fingerprint density at radius 2 is 2.17 bits per heavy atom. The number of piperidine rings is 1. The summed E-state index contributed by atoms with van der Waals surface area (Å²) in [6.45, 7) is 6.34. The summed E-state index contributed by atoms with van der Waals surface area (Å²) in [4.78, 5) is 14.3. The maximum atomic E-state index is 12.3. The van der Waals surface area contributed by atoms with Crippen LogP contribution in [-0.2, 0) is 4.79 Å². The molecule has 2 rings (SSSR count). The van der Waals surface area contributed by atoms with Crippen molar-refractivity contribution in [2.75, 3.05) is 19.7 Å². The van der Waals surface area contributed by atoms with E-state index in [0.29, 0.717) is 18.9 Å². The van der Waals surface area contributed by atoms with E-state index in [1.54, 1.807) is 0 Å². The van der Waals surface area contributed by atoms with Crippen LogP contribution in [-0.4, -0.2) is 36.5 Å². The first-order valence-corrected chi connectivity index (χ1v) is 8.29. The number of ether oxygens (including phenoxy) is 1. The topological polar surface area (TPSA) is 55.6 Å². The number of carbonyl (C=O) groups excluding carboxylic acids is 1. The van der Waals surface area contributed by atoms with Crippen LogP contribution in [0.2, 0.25) is 0 Å². The summed E-state index contributed by atoms with van der Waals surface area (Å²) in [7, 11) is 0. The Morgan fingerprint density at radius 3 is 2.87 bits per heavy atom. The Bertz CT molecular complexity index is 494. The molecule has 0 saturated carbocycles. The van der Waals surface area contributed by atoms with Crippen LogP contribution >= 0.6 is 12.4 Å². The van der Waals surface area contributed by atoms with Crippen LogP contribution in [0.4, 0.5) is 0 Å². The van der Waals surface area contributed by atoms with Gasteiger partial charge in [0.15, 0.2) is 0 Å². The number of hydrogen-bond donors (Lipinski definition) is 1.